The van der Waals surface area contributed by atoms with Crippen molar-refractivity contribution in [2.24, 2.45) is 5.92 Å². The van der Waals surface area contributed by atoms with Crippen molar-refractivity contribution in [1.82, 2.24) is 5.32 Å². The van der Waals surface area contributed by atoms with E-state index in [9.17, 15) is 9.59 Å². The Balaban J connectivity index is 2.14. The fourth-order valence-corrected chi connectivity index (χ4v) is 2.96. The Morgan fingerprint density at radius 3 is 2.00 bits per heavy atom. The van der Waals surface area contributed by atoms with Gasteiger partial charge in [-0.15, -0.1) is 0 Å². The Bertz CT molecular complexity index is 640. The Kier molecular flexibility index (Phi) is 7.12. The van der Waals surface area contributed by atoms with Crippen molar-refractivity contribution in [1.29, 1.82) is 0 Å². The lowest BCUT2D eigenvalue weighted by atomic mass is 9.96. The molecule has 0 heterocycles. The highest BCUT2D eigenvalue weighted by Gasteiger charge is 2.19. The third-order valence-electron chi connectivity index (χ3n) is 4.49. The van der Waals surface area contributed by atoms with Gasteiger partial charge in [0.05, 0.1) is 25.6 Å². The number of amides is 3. The molecule has 1 aromatic carbocycles. The third-order valence-corrected chi connectivity index (χ3v) is 4.49. The van der Waals surface area contributed by atoms with E-state index >= 15 is 0 Å². The van der Waals surface area contributed by atoms with E-state index in [1.807, 2.05) is 13.8 Å². The van der Waals surface area contributed by atoms with Gasteiger partial charge >= 0.3 is 6.03 Å². The standard InChI is InChI=1S/C19H29N3O4/c1-12(2)18(23)21-14-10-17(26-4)15(11-16(14)25-3)22-19(24)20-13-8-6-5-7-9-13/h10-13H,5-9H2,1-4H3,(H,21,23)(H2,20,22,24). The Labute approximate surface area is 154 Å². The molecule has 144 valence electrons. The molecule has 1 aromatic rings. The van der Waals surface area contributed by atoms with Crippen LogP contribution >= 0.6 is 0 Å². The highest BCUT2D eigenvalue weighted by atomic mass is 16.5. The van der Waals surface area contributed by atoms with Crippen LogP contribution in [-0.4, -0.2) is 32.2 Å². The largest absolute Gasteiger partial charge is 0.494 e. The van der Waals surface area contributed by atoms with E-state index in [1.165, 1.54) is 20.6 Å². The second kappa shape index (κ2) is 9.31. The van der Waals surface area contributed by atoms with Gasteiger partial charge in [-0.3, -0.25) is 4.79 Å². The monoisotopic (exact) mass is 363 g/mol. The summed E-state index contributed by atoms with van der Waals surface area (Å²) in [6.07, 6.45) is 5.54. The first kappa shape index (κ1) is 19.9. The predicted octanol–water partition coefficient (Wildman–Crippen LogP) is 3.75. The highest BCUT2D eigenvalue weighted by molar-refractivity contribution is 5.96. The van der Waals surface area contributed by atoms with Crippen LogP contribution in [0.2, 0.25) is 0 Å². The van der Waals surface area contributed by atoms with Crippen molar-refractivity contribution in [2.75, 3.05) is 24.9 Å². The molecule has 0 saturated heterocycles. The molecule has 1 saturated carbocycles. The van der Waals surface area contributed by atoms with Crippen molar-refractivity contribution in [3.63, 3.8) is 0 Å². The molecule has 2 rings (SSSR count). The number of anilines is 2. The lowest BCUT2D eigenvalue weighted by molar-refractivity contribution is -0.118. The number of nitrogens with one attached hydrogen (secondary N) is 3. The summed E-state index contributed by atoms with van der Waals surface area (Å²) in [4.78, 5) is 24.3. The number of carbonyl (C=O) groups is 2. The molecule has 7 nitrogen and oxygen atoms in total. The number of hydrogen-bond donors (Lipinski definition) is 3. The van der Waals surface area contributed by atoms with E-state index in [2.05, 4.69) is 16.0 Å². The molecule has 0 spiro atoms. The maximum Gasteiger partial charge on any atom is 0.319 e. The van der Waals surface area contributed by atoms with E-state index in [4.69, 9.17) is 9.47 Å². The van der Waals surface area contributed by atoms with Gasteiger partial charge in [0, 0.05) is 24.1 Å². The topological polar surface area (TPSA) is 88.7 Å². The number of benzene rings is 1. The predicted molar refractivity (Wildman–Crippen MR) is 102 cm³/mol. The summed E-state index contributed by atoms with van der Waals surface area (Å²) in [5.41, 5.74) is 0.987. The van der Waals surface area contributed by atoms with Crippen molar-refractivity contribution < 1.29 is 19.1 Å². The number of ether oxygens (including phenoxy) is 2. The Morgan fingerprint density at radius 2 is 1.50 bits per heavy atom. The molecule has 0 radical (unpaired) electrons. The van der Waals surface area contributed by atoms with Gasteiger partial charge in [0.15, 0.2) is 0 Å². The number of methoxy groups -OCH3 is 2. The molecule has 1 aliphatic carbocycles. The summed E-state index contributed by atoms with van der Waals surface area (Å²) in [6, 6.07) is 3.24. The average molecular weight is 363 g/mol. The molecule has 0 aliphatic heterocycles. The zero-order valence-corrected chi connectivity index (χ0v) is 16.0. The second-order valence-electron chi connectivity index (χ2n) is 6.83. The Morgan fingerprint density at radius 1 is 0.962 bits per heavy atom. The number of rotatable bonds is 6. The third kappa shape index (κ3) is 5.28. The fraction of sp³-hybridized carbons (Fsp3) is 0.579. The minimum Gasteiger partial charge on any atom is -0.494 e. The minimum absolute atomic E-state index is 0.124. The molecule has 1 fully saturated rings. The number of carbonyl (C=O) groups excluding carboxylic acids is 2. The maximum absolute atomic E-state index is 12.3. The van der Waals surface area contributed by atoms with Crippen LogP contribution in [0.5, 0.6) is 11.5 Å². The Hall–Kier alpha value is -2.44. The first-order valence-corrected chi connectivity index (χ1v) is 9.09. The lowest BCUT2D eigenvalue weighted by Gasteiger charge is -2.23. The van der Waals surface area contributed by atoms with Gasteiger partial charge in [-0.1, -0.05) is 33.1 Å². The summed E-state index contributed by atoms with van der Waals surface area (Å²) in [6.45, 7) is 3.62. The minimum atomic E-state index is -0.267. The summed E-state index contributed by atoms with van der Waals surface area (Å²) < 4.78 is 10.7. The van der Waals surface area contributed by atoms with Gasteiger partial charge in [-0.2, -0.15) is 0 Å². The van der Waals surface area contributed by atoms with Crippen LogP contribution in [0.3, 0.4) is 0 Å². The van der Waals surface area contributed by atoms with Crippen molar-refractivity contribution >= 4 is 23.3 Å². The molecule has 0 unspecified atom stereocenters. The van der Waals surface area contributed by atoms with E-state index < -0.39 is 0 Å². The van der Waals surface area contributed by atoms with E-state index in [0.717, 1.165) is 25.7 Å². The van der Waals surface area contributed by atoms with Crippen LogP contribution < -0.4 is 25.4 Å². The first-order chi connectivity index (χ1) is 12.4. The van der Waals surface area contributed by atoms with Crippen LogP contribution in [0.25, 0.3) is 0 Å². The first-order valence-electron chi connectivity index (χ1n) is 9.09. The van der Waals surface area contributed by atoms with Gasteiger partial charge in [0.25, 0.3) is 0 Å². The molecule has 7 heteroatoms. The molecule has 3 N–H and O–H groups in total. The van der Waals surface area contributed by atoms with Crippen LogP contribution in [0.1, 0.15) is 46.0 Å². The number of urea groups is 1. The lowest BCUT2D eigenvalue weighted by Crippen LogP contribution is -2.39. The smallest absolute Gasteiger partial charge is 0.319 e. The molecule has 0 bridgehead atoms. The van der Waals surface area contributed by atoms with E-state index in [0.29, 0.717) is 22.9 Å². The number of hydrogen-bond acceptors (Lipinski definition) is 4. The molecule has 0 aromatic heterocycles. The maximum atomic E-state index is 12.3. The zero-order chi connectivity index (χ0) is 19.1. The normalized spacial score (nSPS) is 14.7. The molecular formula is C19H29N3O4. The van der Waals surface area contributed by atoms with Gasteiger partial charge in [0.2, 0.25) is 5.91 Å². The zero-order valence-electron chi connectivity index (χ0n) is 16.0. The van der Waals surface area contributed by atoms with Crippen molar-refractivity contribution in [3.05, 3.63) is 12.1 Å². The summed E-state index contributed by atoms with van der Waals surface area (Å²) >= 11 is 0. The summed E-state index contributed by atoms with van der Waals surface area (Å²) in [7, 11) is 3.03. The molecule has 0 atom stereocenters. The van der Waals surface area contributed by atoms with Crippen LogP contribution in [0, 0.1) is 5.92 Å². The van der Waals surface area contributed by atoms with Crippen LogP contribution in [0.4, 0.5) is 16.2 Å². The SMILES string of the molecule is COc1cc(NC(=O)C(C)C)c(OC)cc1NC(=O)NC1CCCCC1. The van der Waals surface area contributed by atoms with Gasteiger partial charge < -0.3 is 25.4 Å². The van der Waals surface area contributed by atoms with Gasteiger partial charge in [-0.05, 0) is 12.8 Å². The summed E-state index contributed by atoms with van der Waals surface area (Å²) in [5, 5.41) is 8.63. The molecule has 26 heavy (non-hydrogen) atoms. The molecule has 3 amide bonds. The van der Waals surface area contributed by atoms with Crippen LogP contribution in [0.15, 0.2) is 12.1 Å². The average Bonchev–Trinajstić information content (AvgIpc) is 2.63. The highest BCUT2D eigenvalue weighted by Crippen LogP contribution is 2.36. The van der Waals surface area contributed by atoms with E-state index in [-0.39, 0.29) is 23.9 Å². The van der Waals surface area contributed by atoms with Crippen molar-refractivity contribution in [2.45, 2.75) is 52.0 Å². The summed E-state index contributed by atoms with van der Waals surface area (Å²) in [5.74, 6) is 0.613. The van der Waals surface area contributed by atoms with Gasteiger partial charge in [-0.25, -0.2) is 4.79 Å². The second-order valence-corrected chi connectivity index (χ2v) is 6.83. The quantitative estimate of drug-likeness (QED) is 0.718. The van der Waals surface area contributed by atoms with Gasteiger partial charge in [0.1, 0.15) is 11.5 Å². The molecular weight excluding hydrogens is 334 g/mol. The fourth-order valence-electron chi connectivity index (χ4n) is 2.96. The molecule has 1 aliphatic rings. The van der Waals surface area contributed by atoms with E-state index in [1.54, 1.807) is 12.1 Å². The van der Waals surface area contributed by atoms with Crippen molar-refractivity contribution in [3.8, 4) is 11.5 Å². The van der Waals surface area contributed by atoms with Crippen LogP contribution in [-0.2, 0) is 4.79 Å².